The van der Waals surface area contributed by atoms with Gasteiger partial charge in [-0.2, -0.15) is 0 Å². The summed E-state index contributed by atoms with van der Waals surface area (Å²) in [7, 11) is 0. The molecule has 3 rings (SSSR count). The minimum absolute atomic E-state index is 0.0579. The zero-order valence-electron chi connectivity index (χ0n) is 15.1. The van der Waals surface area contributed by atoms with E-state index in [4.69, 9.17) is 27.9 Å². The highest BCUT2D eigenvalue weighted by Gasteiger charge is 2.24. The number of aromatic nitrogens is 2. The van der Waals surface area contributed by atoms with E-state index >= 15 is 0 Å². The molecule has 8 heteroatoms. The summed E-state index contributed by atoms with van der Waals surface area (Å²) in [5.41, 5.74) is 1.24. The number of benzene rings is 1. The number of nitrogens with one attached hydrogen (secondary N) is 1. The third-order valence-corrected chi connectivity index (χ3v) is 5.16. The number of nitrogens with zero attached hydrogens (tertiary/aromatic N) is 3. The Kier molecular flexibility index (Phi) is 7.01. The first-order chi connectivity index (χ1) is 13.1. The average molecular weight is 409 g/mol. The minimum atomic E-state index is -0.297. The van der Waals surface area contributed by atoms with Crippen molar-refractivity contribution in [3.05, 3.63) is 57.6 Å². The number of hydrogen-bond donors (Lipinski definition) is 1. The molecule has 1 aliphatic rings. The van der Waals surface area contributed by atoms with Crippen LogP contribution in [-0.4, -0.2) is 53.6 Å². The zero-order valence-corrected chi connectivity index (χ0v) is 16.6. The number of aryl methyl sites for hydroxylation is 1. The SMILES string of the molecule is Cc1ncc(C(CNC(=O)c2c(Cl)cccc2Cl)N2CCCOCC2)cn1. The van der Waals surface area contributed by atoms with Gasteiger partial charge in [0.1, 0.15) is 5.82 Å². The van der Waals surface area contributed by atoms with Gasteiger partial charge in [0.25, 0.3) is 5.91 Å². The van der Waals surface area contributed by atoms with Crippen LogP contribution < -0.4 is 5.32 Å². The second-order valence-electron chi connectivity index (χ2n) is 6.39. The molecule has 0 saturated carbocycles. The van der Waals surface area contributed by atoms with Crippen molar-refractivity contribution in [2.75, 3.05) is 32.8 Å². The Morgan fingerprint density at radius 1 is 1.22 bits per heavy atom. The molecule has 27 heavy (non-hydrogen) atoms. The molecule has 1 atom stereocenters. The van der Waals surface area contributed by atoms with Crippen molar-refractivity contribution in [3.8, 4) is 0 Å². The minimum Gasteiger partial charge on any atom is -0.380 e. The first kappa shape index (κ1) is 20.0. The molecular weight excluding hydrogens is 387 g/mol. The summed E-state index contributed by atoms with van der Waals surface area (Å²) in [6.07, 6.45) is 4.56. The largest absolute Gasteiger partial charge is 0.380 e. The highest BCUT2D eigenvalue weighted by atomic mass is 35.5. The Hall–Kier alpha value is -1.73. The lowest BCUT2D eigenvalue weighted by atomic mass is 10.1. The number of hydrogen-bond acceptors (Lipinski definition) is 5. The molecule has 1 unspecified atom stereocenters. The zero-order chi connectivity index (χ0) is 19.2. The Bertz CT molecular complexity index is 758. The molecule has 0 bridgehead atoms. The van der Waals surface area contributed by atoms with Crippen molar-refractivity contribution in [3.63, 3.8) is 0 Å². The van der Waals surface area contributed by atoms with Crippen molar-refractivity contribution < 1.29 is 9.53 Å². The lowest BCUT2D eigenvalue weighted by Crippen LogP contribution is -2.39. The summed E-state index contributed by atoms with van der Waals surface area (Å²) in [5.74, 6) is 0.415. The van der Waals surface area contributed by atoms with Gasteiger partial charge in [-0.25, -0.2) is 9.97 Å². The van der Waals surface area contributed by atoms with E-state index in [-0.39, 0.29) is 11.9 Å². The second kappa shape index (κ2) is 9.46. The molecule has 0 aliphatic carbocycles. The number of rotatable bonds is 5. The summed E-state index contributed by atoms with van der Waals surface area (Å²) < 4.78 is 5.56. The summed E-state index contributed by atoms with van der Waals surface area (Å²) >= 11 is 12.3. The van der Waals surface area contributed by atoms with Gasteiger partial charge in [0.2, 0.25) is 0 Å². The lowest BCUT2D eigenvalue weighted by Gasteiger charge is -2.30. The number of halogens is 2. The van der Waals surface area contributed by atoms with E-state index in [2.05, 4.69) is 20.2 Å². The fourth-order valence-corrected chi connectivity index (χ4v) is 3.67. The van der Waals surface area contributed by atoms with Gasteiger partial charge in [-0.15, -0.1) is 0 Å². The Morgan fingerprint density at radius 3 is 2.63 bits per heavy atom. The molecule has 1 saturated heterocycles. The summed E-state index contributed by atoms with van der Waals surface area (Å²) in [5, 5.41) is 3.63. The van der Waals surface area contributed by atoms with Gasteiger partial charge in [-0.3, -0.25) is 9.69 Å². The summed E-state index contributed by atoms with van der Waals surface area (Å²) in [6, 6.07) is 4.96. The van der Waals surface area contributed by atoms with Crippen LogP contribution in [0, 0.1) is 6.92 Å². The fourth-order valence-electron chi connectivity index (χ4n) is 3.10. The van der Waals surface area contributed by atoms with Crippen LogP contribution in [0.2, 0.25) is 10.0 Å². The first-order valence-corrected chi connectivity index (χ1v) is 9.64. The normalized spacial score (nSPS) is 16.6. The second-order valence-corrected chi connectivity index (χ2v) is 7.20. The topological polar surface area (TPSA) is 67.4 Å². The molecule has 2 heterocycles. The fraction of sp³-hybridized carbons (Fsp3) is 0.421. The third-order valence-electron chi connectivity index (χ3n) is 4.53. The maximum absolute atomic E-state index is 12.7. The first-order valence-electron chi connectivity index (χ1n) is 8.89. The van der Waals surface area contributed by atoms with Crippen LogP contribution in [0.25, 0.3) is 0 Å². The third kappa shape index (κ3) is 5.17. The maximum Gasteiger partial charge on any atom is 0.254 e. The van der Waals surface area contributed by atoms with E-state index in [9.17, 15) is 4.79 Å². The standard InChI is InChI=1S/C19H22Cl2N4O2/c1-13-22-10-14(11-23-13)17(25-6-3-8-27-9-7-25)12-24-19(26)18-15(20)4-2-5-16(18)21/h2,4-5,10-11,17H,3,6-9,12H2,1H3,(H,24,26). The summed E-state index contributed by atoms with van der Waals surface area (Å²) in [4.78, 5) is 23.6. The van der Waals surface area contributed by atoms with E-state index in [1.54, 1.807) is 18.2 Å². The van der Waals surface area contributed by atoms with E-state index < -0.39 is 0 Å². The van der Waals surface area contributed by atoms with E-state index in [1.165, 1.54) is 0 Å². The molecule has 1 amide bonds. The van der Waals surface area contributed by atoms with Crippen molar-refractivity contribution in [2.24, 2.45) is 0 Å². The molecule has 1 aliphatic heterocycles. The predicted molar refractivity (Wildman–Crippen MR) is 105 cm³/mol. The van der Waals surface area contributed by atoms with Crippen LogP contribution in [0.5, 0.6) is 0 Å². The van der Waals surface area contributed by atoms with E-state index in [0.29, 0.717) is 34.6 Å². The van der Waals surface area contributed by atoms with Crippen molar-refractivity contribution in [1.82, 2.24) is 20.2 Å². The van der Waals surface area contributed by atoms with Crippen LogP contribution in [0.1, 0.15) is 34.2 Å². The van der Waals surface area contributed by atoms with Gasteiger partial charge >= 0.3 is 0 Å². The van der Waals surface area contributed by atoms with Gasteiger partial charge in [0.15, 0.2) is 0 Å². The molecule has 1 fully saturated rings. The van der Waals surface area contributed by atoms with E-state index in [1.807, 2.05) is 19.3 Å². The maximum atomic E-state index is 12.7. The molecule has 1 aromatic carbocycles. The smallest absolute Gasteiger partial charge is 0.254 e. The molecule has 1 aromatic heterocycles. The monoisotopic (exact) mass is 408 g/mol. The van der Waals surface area contributed by atoms with Crippen molar-refractivity contribution in [2.45, 2.75) is 19.4 Å². The van der Waals surface area contributed by atoms with Gasteiger partial charge in [-0.05, 0) is 25.5 Å². The molecule has 0 spiro atoms. The molecule has 6 nitrogen and oxygen atoms in total. The average Bonchev–Trinajstić information content (AvgIpc) is 2.92. The summed E-state index contributed by atoms with van der Waals surface area (Å²) in [6.45, 7) is 5.30. The number of ether oxygens (including phenoxy) is 1. The molecule has 1 N–H and O–H groups in total. The number of carbonyl (C=O) groups is 1. The van der Waals surface area contributed by atoms with Crippen LogP contribution >= 0.6 is 23.2 Å². The molecule has 2 aromatic rings. The molecule has 144 valence electrons. The Morgan fingerprint density at radius 2 is 1.93 bits per heavy atom. The quantitative estimate of drug-likeness (QED) is 0.821. The van der Waals surface area contributed by atoms with Crippen molar-refractivity contribution in [1.29, 1.82) is 0 Å². The Balaban J connectivity index is 1.78. The predicted octanol–water partition coefficient (Wildman–Crippen LogP) is 3.29. The van der Waals surface area contributed by atoms with Gasteiger partial charge in [0, 0.05) is 44.2 Å². The van der Waals surface area contributed by atoms with Gasteiger partial charge in [0.05, 0.1) is 28.3 Å². The highest BCUT2D eigenvalue weighted by Crippen LogP contribution is 2.25. The van der Waals surface area contributed by atoms with Gasteiger partial charge in [-0.1, -0.05) is 29.3 Å². The van der Waals surface area contributed by atoms with Crippen molar-refractivity contribution >= 4 is 29.1 Å². The lowest BCUT2D eigenvalue weighted by molar-refractivity contribution is 0.0928. The molecule has 0 radical (unpaired) electrons. The number of carbonyl (C=O) groups excluding carboxylic acids is 1. The van der Waals surface area contributed by atoms with Crippen LogP contribution in [0.15, 0.2) is 30.6 Å². The Labute approximate surface area is 168 Å². The van der Waals surface area contributed by atoms with Crippen LogP contribution in [0.3, 0.4) is 0 Å². The highest BCUT2D eigenvalue weighted by molar-refractivity contribution is 6.39. The van der Waals surface area contributed by atoms with Crippen LogP contribution in [-0.2, 0) is 4.74 Å². The van der Waals surface area contributed by atoms with Gasteiger partial charge < -0.3 is 10.1 Å². The number of amides is 1. The van der Waals surface area contributed by atoms with Crippen LogP contribution in [0.4, 0.5) is 0 Å². The molecular formula is C19H22Cl2N4O2. The van der Waals surface area contributed by atoms with E-state index in [0.717, 1.165) is 31.7 Å².